The van der Waals surface area contributed by atoms with Gasteiger partial charge in [0.15, 0.2) is 0 Å². The Morgan fingerprint density at radius 1 is 1.00 bits per heavy atom. The fraction of sp³-hybridized carbons (Fsp3) is 0.391. The number of hydrogen-bond acceptors (Lipinski definition) is 6. The summed E-state index contributed by atoms with van der Waals surface area (Å²) in [5.41, 5.74) is 2.18. The maximum Gasteiger partial charge on any atom is 0.337 e. The minimum atomic E-state index is -1.08. The number of methoxy groups -OCH3 is 1. The van der Waals surface area contributed by atoms with E-state index in [2.05, 4.69) is 23.8 Å². The molecule has 0 saturated heterocycles. The molecular formula is C23H26N2O5. The molecule has 2 atom stereocenters. The first-order chi connectivity index (χ1) is 14.3. The average Bonchev–Trinajstić information content (AvgIpc) is 2.71. The third-order valence-electron chi connectivity index (χ3n) is 5.21. The normalized spacial score (nSPS) is 13.5. The number of esters is 1. The van der Waals surface area contributed by atoms with Gasteiger partial charge in [-0.15, -0.1) is 0 Å². The third-order valence-corrected chi connectivity index (χ3v) is 5.21. The molecule has 0 fully saturated rings. The predicted molar refractivity (Wildman–Crippen MR) is 113 cm³/mol. The molecule has 0 bridgehead atoms. The van der Waals surface area contributed by atoms with Gasteiger partial charge in [-0.3, -0.25) is 4.79 Å². The number of fused-ring (bicyclic) bond motifs is 2. The molecule has 158 valence electrons. The van der Waals surface area contributed by atoms with Crippen molar-refractivity contribution < 1.29 is 24.5 Å². The second-order valence-corrected chi connectivity index (χ2v) is 7.81. The second-order valence-electron chi connectivity index (χ2n) is 7.81. The summed E-state index contributed by atoms with van der Waals surface area (Å²) in [6, 6.07) is 9.92. The number of aliphatic hydroxyl groups excluding tert-OH is 1. The van der Waals surface area contributed by atoms with Crippen molar-refractivity contribution in [3.63, 3.8) is 0 Å². The number of aliphatic hydroxyl groups is 1. The molecule has 0 aliphatic heterocycles. The Morgan fingerprint density at radius 3 is 2.27 bits per heavy atom. The number of carboxylic acid groups (broad SMARTS) is 1. The Morgan fingerprint density at radius 2 is 1.63 bits per heavy atom. The van der Waals surface area contributed by atoms with E-state index in [9.17, 15) is 19.8 Å². The van der Waals surface area contributed by atoms with Crippen LogP contribution < -0.4 is 0 Å². The van der Waals surface area contributed by atoms with Gasteiger partial charge in [0.2, 0.25) is 0 Å². The first-order valence-corrected chi connectivity index (χ1v) is 10.0. The second kappa shape index (κ2) is 9.17. The molecule has 0 aliphatic rings. The Labute approximate surface area is 174 Å². The summed E-state index contributed by atoms with van der Waals surface area (Å²) in [5.74, 6) is -2.02. The molecule has 0 saturated carbocycles. The SMILES string of the molecule is COC(=O)[C@H](c1cccc2nc3c(C(=O)O)cccc3nc12)[C@H](O)CCCC(C)C. The van der Waals surface area contributed by atoms with Crippen molar-refractivity contribution in [1.29, 1.82) is 0 Å². The van der Waals surface area contributed by atoms with Crippen LogP contribution in [0.15, 0.2) is 36.4 Å². The van der Waals surface area contributed by atoms with Crippen LogP contribution >= 0.6 is 0 Å². The highest BCUT2D eigenvalue weighted by molar-refractivity contribution is 6.03. The number of carbonyl (C=O) groups is 2. The summed E-state index contributed by atoms with van der Waals surface area (Å²) in [6.45, 7) is 4.22. The quantitative estimate of drug-likeness (QED) is 0.428. The molecule has 3 rings (SSSR count). The van der Waals surface area contributed by atoms with Gasteiger partial charge >= 0.3 is 11.9 Å². The topological polar surface area (TPSA) is 110 Å². The molecule has 2 N–H and O–H groups in total. The Balaban J connectivity index is 2.11. The number of nitrogens with zero attached hydrogens (tertiary/aromatic N) is 2. The van der Waals surface area contributed by atoms with Gasteiger partial charge in [0.1, 0.15) is 11.4 Å². The van der Waals surface area contributed by atoms with Crippen molar-refractivity contribution in [2.45, 2.75) is 45.1 Å². The van der Waals surface area contributed by atoms with Gasteiger partial charge in [-0.2, -0.15) is 0 Å². The summed E-state index contributed by atoms with van der Waals surface area (Å²) in [4.78, 5) is 33.2. The maximum atomic E-state index is 12.6. The van der Waals surface area contributed by atoms with Crippen molar-refractivity contribution in [3.8, 4) is 0 Å². The van der Waals surface area contributed by atoms with Gasteiger partial charge in [-0.25, -0.2) is 14.8 Å². The smallest absolute Gasteiger partial charge is 0.337 e. The van der Waals surface area contributed by atoms with Gasteiger partial charge in [0.25, 0.3) is 0 Å². The molecule has 0 amide bonds. The number of benzene rings is 2. The van der Waals surface area contributed by atoms with E-state index in [4.69, 9.17) is 4.74 Å². The maximum absolute atomic E-state index is 12.6. The van der Waals surface area contributed by atoms with E-state index in [1.54, 1.807) is 30.3 Å². The van der Waals surface area contributed by atoms with E-state index in [0.29, 0.717) is 34.5 Å². The summed E-state index contributed by atoms with van der Waals surface area (Å²) in [6.07, 6.45) is 1.26. The van der Waals surface area contributed by atoms with Crippen LogP contribution in [0.3, 0.4) is 0 Å². The molecule has 1 heterocycles. The lowest BCUT2D eigenvalue weighted by Gasteiger charge is -2.22. The van der Waals surface area contributed by atoms with E-state index < -0.39 is 24.0 Å². The number of ether oxygens (including phenoxy) is 1. The standard InChI is InChI=1S/C23H26N2O5/c1-13(2)7-4-12-18(26)19(23(29)30-3)14-8-5-10-16-20(14)24-17-11-6-9-15(22(27)28)21(17)25-16/h5-6,8-11,13,18-19,26H,4,7,12H2,1-3H3,(H,27,28)/t18-,19-/m1/s1. The molecule has 2 aromatic carbocycles. The zero-order valence-corrected chi connectivity index (χ0v) is 17.3. The molecule has 0 spiro atoms. The lowest BCUT2D eigenvalue weighted by molar-refractivity contribution is -0.145. The van der Waals surface area contributed by atoms with E-state index in [1.165, 1.54) is 13.2 Å². The highest BCUT2D eigenvalue weighted by atomic mass is 16.5. The molecule has 0 aliphatic carbocycles. The van der Waals surface area contributed by atoms with Crippen molar-refractivity contribution in [1.82, 2.24) is 9.97 Å². The van der Waals surface area contributed by atoms with E-state index >= 15 is 0 Å². The van der Waals surface area contributed by atoms with Gasteiger partial charge in [0, 0.05) is 0 Å². The van der Waals surface area contributed by atoms with E-state index in [1.807, 2.05) is 0 Å². The van der Waals surface area contributed by atoms with Crippen LogP contribution in [0.1, 0.15) is 54.9 Å². The summed E-state index contributed by atoms with van der Waals surface area (Å²) >= 11 is 0. The number of carbonyl (C=O) groups excluding carboxylic acids is 1. The highest BCUT2D eigenvalue weighted by Gasteiger charge is 2.31. The molecule has 3 aromatic rings. The number of para-hydroxylation sites is 2. The van der Waals surface area contributed by atoms with Gasteiger partial charge in [-0.05, 0) is 36.1 Å². The predicted octanol–water partition coefficient (Wildman–Crippen LogP) is 3.93. The van der Waals surface area contributed by atoms with Crippen LogP contribution in [0.5, 0.6) is 0 Å². The molecular weight excluding hydrogens is 384 g/mol. The van der Waals surface area contributed by atoms with Crippen LogP contribution in [0.25, 0.3) is 22.1 Å². The lowest BCUT2D eigenvalue weighted by atomic mass is 9.88. The highest BCUT2D eigenvalue weighted by Crippen LogP contribution is 2.31. The van der Waals surface area contributed by atoms with E-state index in [0.717, 1.165) is 12.8 Å². The fourth-order valence-electron chi connectivity index (χ4n) is 3.68. The molecule has 0 unspecified atom stereocenters. The minimum Gasteiger partial charge on any atom is -0.478 e. The number of carboxylic acids is 1. The lowest BCUT2D eigenvalue weighted by Crippen LogP contribution is -2.28. The zero-order valence-electron chi connectivity index (χ0n) is 17.3. The third kappa shape index (κ3) is 4.41. The van der Waals surface area contributed by atoms with Gasteiger partial charge < -0.3 is 14.9 Å². The molecule has 7 nitrogen and oxygen atoms in total. The Bertz CT molecular complexity index is 1080. The van der Waals surface area contributed by atoms with Crippen LogP contribution in [0, 0.1) is 5.92 Å². The van der Waals surface area contributed by atoms with Crippen molar-refractivity contribution in [2.24, 2.45) is 5.92 Å². The monoisotopic (exact) mass is 410 g/mol. The van der Waals surface area contributed by atoms with Crippen molar-refractivity contribution in [2.75, 3.05) is 7.11 Å². The fourth-order valence-corrected chi connectivity index (χ4v) is 3.68. The Kier molecular flexibility index (Phi) is 6.62. The van der Waals surface area contributed by atoms with Crippen LogP contribution in [0.4, 0.5) is 0 Å². The van der Waals surface area contributed by atoms with Crippen LogP contribution in [-0.2, 0) is 9.53 Å². The number of rotatable bonds is 8. The van der Waals surface area contributed by atoms with Crippen molar-refractivity contribution in [3.05, 3.63) is 47.5 Å². The van der Waals surface area contributed by atoms with Crippen LogP contribution in [-0.4, -0.2) is 45.3 Å². The first-order valence-electron chi connectivity index (χ1n) is 10.0. The number of hydrogen-bond donors (Lipinski definition) is 2. The zero-order chi connectivity index (χ0) is 21.8. The van der Waals surface area contributed by atoms with Gasteiger partial charge in [-0.1, -0.05) is 44.9 Å². The minimum absolute atomic E-state index is 0.0607. The Hall–Kier alpha value is -3.06. The number of aromatic nitrogens is 2. The molecule has 1 aromatic heterocycles. The molecule has 7 heteroatoms. The average molecular weight is 410 g/mol. The first kappa shape index (κ1) is 21.6. The summed E-state index contributed by atoms with van der Waals surface area (Å²) < 4.78 is 4.98. The van der Waals surface area contributed by atoms with Crippen LogP contribution in [0.2, 0.25) is 0 Å². The summed E-state index contributed by atoms with van der Waals surface area (Å²) in [7, 11) is 1.29. The van der Waals surface area contributed by atoms with E-state index in [-0.39, 0.29) is 11.1 Å². The largest absolute Gasteiger partial charge is 0.478 e. The summed E-state index contributed by atoms with van der Waals surface area (Å²) in [5, 5.41) is 20.3. The van der Waals surface area contributed by atoms with Crippen molar-refractivity contribution >= 4 is 34.0 Å². The number of aromatic carboxylic acids is 1. The molecule has 30 heavy (non-hydrogen) atoms. The van der Waals surface area contributed by atoms with Gasteiger partial charge in [0.05, 0.1) is 35.3 Å². The molecule has 0 radical (unpaired) electrons.